The maximum absolute atomic E-state index is 13.4. The van der Waals surface area contributed by atoms with Gasteiger partial charge in [-0.3, -0.25) is 9.59 Å². The zero-order chi connectivity index (χ0) is 25.3. The summed E-state index contributed by atoms with van der Waals surface area (Å²) in [5.74, 6) is -1.45. The Morgan fingerprint density at radius 2 is 1.86 bits per heavy atom. The number of aromatic nitrogens is 2. The SMILES string of the molecule is CCOC(=O)c1nn(-c2cccc(C)c2)c(=O)c2c(NC(=O)c3ccc(C(F)(F)F)cc3)scc12. The molecule has 0 fully saturated rings. The van der Waals surface area contributed by atoms with Gasteiger partial charge in [0.05, 0.1) is 23.2 Å². The number of fused-ring (bicyclic) bond motifs is 1. The molecule has 0 aliphatic rings. The standard InChI is InChI=1S/C24H18F3N3O4S/c1-3-34-23(33)19-17-12-35-21(28-20(31)14-7-9-15(10-8-14)24(25,26)27)18(17)22(32)30(29-19)16-6-4-5-13(2)11-16/h4-12H,3H2,1-2H3,(H,28,31). The van der Waals surface area contributed by atoms with Gasteiger partial charge in [0.15, 0.2) is 5.69 Å². The molecular weight excluding hydrogens is 483 g/mol. The fourth-order valence-corrected chi connectivity index (χ4v) is 4.34. The van der Waals surface area contributed by atoms with Gasteiger partial charge in [-0.15, -0.1) is 11.3 Å². The molecule has 2 heterocycles. The van der Waals surface area contributed by atoms with Gasteiger partial charge in [0.25, 0.3) is 11.5 Å². The largest absolute Gasteiger partial charge is 0.461 e. The van der Waals surface area contributed by atoms with Gasteiger partial charge in [-0.2, -0.15) is 23.0 Å². The molecule has 1 N–H and O–H groups in total. The van der Waals surface area contributed by atoms with Crippen LogP contribution >= 0.6 is 11.3 Å². The third-order valence-corrected chi connectivity index (χ3v) is 5.96. The number of amides is 1. The minimum Gasteiger partial charge on any atom is -0.461 e. The number of esters is 1. The van der Waals surface area contributed by atoms with Gasteiger partial charge >= 0.3 is 12.1 Å². The maximum Gasteiger partial charge on any atom is 0.416 e. The summed E-state index contributed by atoms with van der Waals surface area (Å²) in [4.78, 5) is 38.8. The monoisotopic (exact) mass is 501 g/mol. The van der Waals surface area contributed by atoms with Crippen LogP contribution in [0.2, 0.25) is 0 Å². The van der Waals surface area contributed by atoms with Crippen LogP contribution in [0.3, 0.4) is 0 Å². The highest BCUT2D eigenvalue weighted by atomic mass is 32.1. The fourth-order valence-electron chi connectivity index (χ4n) is 3.41. The number of benzene rings is 2. The summed E-state index contributed by atoms with van der Waals surface area (Å²) in [6, 6.07) is 10.6. The van der Waals surface area contributed by atoms with Crippen molar-refractivity contribution < 1.29 is 27.5 Å². The van der Waals surface area contributed by atoms with E-state index >= 15 is 0 Å². The highest BCUT2D eigenvalue weighted by molar-refractivity contribution is 7.16. The highest BCUT2D eigenvalue weighted by Gasteiger charge is 2.30. The van der Waals surface area contributed by atoms with Crippen LogP contribution in [0.15, 0.2) is 58.7 Å². The number of aryl methyl sites for hydroxylation is 1. The van der Waals surface area contributed by atoms with E-state index in [1.165, 1.54) is 5.38 Å². The molecule has 0 saturated heterocycles. The van der Waals surface area contributed by atoms with Gasteiger partial charge in [0.1, 0.15) is 5.00 Å². The molecule has 11 heteroatoms. The Bertz CT molecular complexity index is 1490. The Kier molecular flexibility index (Phi) is 6.44. The van der Waals surface area contributed by atoms with Crippen molar-refractivity contribution >= 4 is 39.0 Å². The molecule has 1 amide bonds. The van der Waals surface area contributed by atoms with Crippen molar-refractivity contribution in [2.24, 2.45) is 0 Å². The van der Waals surface area contributed by atoms with E-state index in [1.54, 1.807) is 25.1 Å². The molecule has 180 valence electrons. The first-order valence-electron chi connectivity index (χ1n) is 10.4. The Hall–Kier alpha value is -3.99. The van der Waals surface area contributed by atoms with E-state index < -0.39 is 29.2 Å². The average molecular weight is 501 g/mol. The van der Waals surface area contributed by atoms with Crippen LogP contribution in [0.4, 0.5) is 18.2 Å². The third-order valence-electron chi connectivity index (χ3n) is 5.07. The van der Waals surface area contributed by atoms with Crippen LogP contribution in [-0.2, 0) is 10.9 Å². The molecule has 0 aliphatic heterocycles. The minimum atomic E-state index is -4.53. The summed E-state index contributed by atoms with van der Waals surface area (Å²) in [5.41, 5.74) is -0.333. The van der Waals surface area contributed by atoms with Crippen LogP contribution in [0.5, 0.6) is 0 Å². The molecule has 0 radical (unpaired) electrons. The number of ether oxygens (including phenoxy) is 1. The Balaban J connectivity index is 1.81. The molecule has 4 aromatic rings. The average Bonchev–Trinajstić information content (AvgIpc) is 3.23. The molecule has 0 unspecified atom stereocenters. The lowest BCUT2D eigenvalue weighted by Crippen LogP contribution is -2.25. The molecule has 0 spiro atoms. The van der Waals surface area contributed by atoms with Gasteiger partial charge in [0, 0.05) is 16.3 Å². The number of nitrogens with zero attached hydrogens (tertiary/aromatic N) is 2. The van der Waals surface area contributed by atoms with Gasteiger partial charge in [-0.05, 0) is 55.8 Å². The van der Waals surface area contributed by atoms with E-state index in [1.807, 2.05) is 13.0 Å². The zero-order valence-electron chi connectivity index (χ0n) is 18.5. The zero-order valence-corrected chi connectivity index (χ0v) is 19.3. The smallest absolute Gasteiger partial charge is 0.416 e. The van der Waals surface area contributed by atoms with Crippen LogP contribution in [-0.4, -0.2) is 28.3 Å². The van der Waals surface area contributed by atoms with Gasteiger partial charge in [-0.25, -0.2) is 4.79 Å². The first kappa shape index (κ1) is 24.1. The molecule has 7 nitrogen and oxygen atoms in total. The number of anilines is 1. The summed E-state index contributed by atoms with van der Waals surface area (Å²) >= 11 is 0.991. The number of hydrogen-bond acceptors (Lipinski definition) is 6. The van der Waals surface area contributed by atoms with Crippen molar-refractivity contribution in [3.63, 3.8) is 0 Å². The van der Waals surface area contributed by atoms with Crippen LogP contribution < -0.4 is 10.9 Å². The van der Waals surface area contributed by atoms with E-state index in [0.29, 0.717) is 5.69 Å². The van der Waals surface area contributed by atoms with Crippen molar-refractivity contribution in [1.29, 1.82) is 0 Å². The molecule has 0 bridgehead atoms. The first-order valence-corrected chi connectivity index (χ1v) is 11.3. The van der Waals surface area contributed by atoms with Crippen molar-refractivity contribution in [3.8, 4) is 5.69 Å². The second-order valence-electron chi connectivity index (χ2n) is 7.51. The molecule has 35 heavy (non-hydrogen) atoms. The lowest BCUT2D eigenvalue weighted by Gasteiger charge is -2.11. The van der Waals surface area contributed by atoms with Crippen molar-refractivity contribution in [3.05, 3.63) is 86.6 Å². The lowest BCUT2D eigenvalue weighted by atomic mass is 10.1. The molecular formula is C24H18F3N3O4S. The van der Waals surface area contributed by atoms with E-state index in [-0.39, 0.29) is 33.6 Å². The molecule has 0 atom stereocenters. The number of nitrogens with one attached hydrogen (secondary N) is 1. The predicted octanol–water partition coefficient (Wildman–Crippen LogP) is 5.20. The summed E-state index contributed by atoms with van der Waals surface area (Å²) in [6.07, 6.45) is -4.53. The van der Waals surface area contributed by atoms with Gasteiger partial charge in [0.2, 0.25) is 0 Å². The Labute approximate surface area is 200 Å². The normalized spacial score (nSPS) is 11.5. The van der Waals surface area contributed by atoms with E-state index in [4.69, 9.17) is 4.74 Å². The van der Waals surface area contributed by atoms with Crippen LogP contribution in [0.25, 0.3) is 16.5 Å². The second kappa shape index (κ2) is 9.34. The molecule has 0 saturated carbocycles. The Morgan fingerprint density at radius 1 is 1.14 bits per heavy atom. The molecule has 2 aromatic carbocycles. The lowest BCUT2D eigenvalue weighted by molar-refractivity contribution is -0.137. The Morgan fingerprint density at radius 3 is 2.49 bits per heavy atom. The van der Waals surface area contributed by atoms with Crippen molar-refractivity contribution in [1.82, 2.24) is 9.78 Å². The topological polar surface area (TPSA) is 90.3 Å². The third kappa shape index (κ3) is 4.80. The van der Waals surface area contributed by atoms with Gasteiger partial charge < -0.3 is 10.1 Å². The summed E-state index contributed by atoms with van der Waals surface area (Å²) in [7, 11) is 0. The summed E-state index contributed by atoms with van der Waals surface area (Å²) in [5, 5.41) is 8.67. The molecule has 0 aliphatic carbocycles. The second-order valence-corrected chi connectivity index (χ2v) is 8.39. The van der Waals surface area contributed by atoms with Crippen LogP contribution in [0, 0.1) is 6.92 Å². The number of carbonyl (C=O) groups excluding carboxylic acids is 2. The van der Waals surface area contributed by atoms with E-state index in [2.05, 4.69) is 10.4 Å². The fraction of sp³-hybridized carbons (Fsp3) is 0.167. The van der Waals surface area contributed by atoms with Crippen molar-refractivity contribution in [2.45, 2.75) is 20.0 Å². The van der Waals surface area contributed by atoms with Crippen molar-refractivity contribution in [2.75, 3.05) is 11.9 Å². The molecule has 4 rings (SSSR count). The summed E-state index contributed by atoms with van der Waals surface area (Å²) < 4.78 is 44.6. The molecule has 2 aromatic heterocycles. The van der Waals surface area contributed by atoms with E-state index in [9.17, 15) is 27.6 Å². The summed E-state index contributed by atoms with van der Waals surface area (Å²) in [6.45, 7) is 3.56. The highest BCUT2D eigenvalue weighted by Crippen LogP contribution is 2.32. The first-order chi connectivity index (χ1) is 16.6. The number of thiophene rings is 1. The number of halogens is 3. The van der Waals surface area contributed by atoms with Crippen LogP contribution in [0.1, 0.15) is 38.9 Å². The van der Waals surface area contributed by atoms with Gasteiger partial charge in [-0.1, -0.05) is 12.1 Å². The minimum absolute atomic E-state index is 0.0294. The maximum atomic E-state index is 13.4. The van der Waals surface area contributed by atoms with E-state index in [0.717, 1.165) is 45.8 Å². The quantitative estimate of drug-likeness (QED) is 0.380. The number of carbonyl (C=O) groups is 2. The number of hydrogen-bond donors (Lipinski definition) is 1. The predicted molar refractivity (Wildman–Crippen MR) is 125 cm³/mol. The number of alkyl halides is 3. The number of rotatable bonds is 5.